The van der Waals surface area contributed by atoms with Crippen molar-refractivity contribution in [2.45, 2.75) is 33.1 Å². The predicted octanol–water partition coefficient (Wildman–Crippen LogP) is 7.20. The van der Waals surface area contributed by atoms with E-state index in [1.165, 1.54) is 5.56 Å². The smallest absolute Gasteiger partial charge is 0.258 e. The van der Waals surface area contributed by atoms with Crippen LogP contribution in [0, 0.1) is 0 Å². The molecular formula is C32H33N3O2. The van der Waals surface area contributed by atoms with E-state index in [0.717, 1.165) is 36.1 Å². The van der Waals surface area contributed by atoms with Crippen LogP contribution >= 0.6 is 0 Å². The van der Waals surface area contributed by atoms with E-state index in [1.54, 1.807) is 30.3 Å². The van der Waals surface area contributed by atoms with Gasteiger partial charge in [-0.1, -0.05) is 62.4 Å². The first-order chi connectivity index (χ1) is 18.1. The summed E-state index contributed by atoms with van der Waals surface area (Å²) in [5.41, 5.74) is 12.2. The third-order valence-corrected chi connectivity index (χ3v) is 6.39. The number of amides is 2. The molecule has 2 amide bonds. The van der Waals surface area contributed by atoms with E-state index in [2.05, 4.69) is 11.4 Å². The van der Waals surface area contributed by atoms with Crippen molar-refractivity contribution < 1.29 is 9.59 Å². The molecule has 0 bridgehead atoms. The number of para-hydroxylation sites is 1. The van der Waals surface area contributed by atoms with Gasteiger partial charge < -0.3 is 16.0 Å². The molecular weight excluding hydrogens is 458 g/mol. The third-order valence-electron chi connectivity index (χ3n) is 6.39. The van der Waals surface area contributed by atoms with Gasteiger partial charge in [-0.2, -0.15) is 0 Å². The first kappa shape index (κ1) is 25.7. The molecule has 0 radical (unpaired) electrons. The molecule has 0 atom stereocenters. The number of nitrogens with one attached hydrogen (secondary N) is 1. The summed E-state index contributed by atoms with van der Waals surface area (Å²) >= 11 is 0. The number of benzene rings is 4. The Kier molecular flexibility index (Phi) is 8.37. The molecule has 1 heterocycles. The summed E-state index contributed by atoms with van der Waals surface area (Å²) < 4.78 is 0. The van der Waals surface area contributed by atoms with Crippen LogP contribution in [0.15, 0.2) is 97.1 Å². The summed E-state index contributed by atoms with van der Waals surface area (Å²) in [6.45, 7) is 4.70. The lowest BCUT2D eigenvalue weighted by molar-refractivity contribution is 0.0985. The molecule has 4 aromatic carbocycles. The number of aryl methyl sites for hydroxylation is 1. The maximum Gasteiger partial charge on any atom is 0.258 e. The van der Waals surface area contributed by atoms with Gasteiger partial charge in [0.1, 0.15) is 0 Å². The van der Waals surface area contributed by atoms with Crippen molar-refractivity contribution in [1.29, 1.82) is 0 Å². The van der Waals surface area contributed by atoms with Gasteiger partial charge in [-0.25, -0.2) is 0 Å². The fourth-order valence-corrected chi connectivity index (χ4v) is 4.55. The molecule has 0 saturated carbocycles. The molecule has 4 aromatic rings. The minimum absolute atomic E-state index is 0.0223. The highest BCUT2D eigenvalue weighted by Gasteiger charge is 2.22. The lowest BCUT2D eigenvalue weighted by atomic mass is 9.99. The first-order valence-electron chi connectivity index (χ1n) is 12.9. The Hall–Kier alpha value is -4.38. The lowest BCUT2D eigenvalue weighted by Gasteiger charge is -2.23. The van der Waals surface area contributed by atoms with Gasteiger partial charge in [0.15, 0.2) is 0 Å². The van der Waals surface area contributed by atoms with Gasteiger partial charge in [0.05, 0.1) is 0 Å². The van der Waals surface area contributed by atoms with E-state index in [-0.39, 0.29) is 11.8 Å². The largest absolute Gasteiger partial charge is 0.399 e. The van der Waals surface area contributed by atoms with Crippen molar-refractivity contribution in [3.63, 3.8) is 0 Å². The quantitative estimate of drug-likeness (QED) is 0.297. The summed E-state index contributed by atoms with van der Waals surface area (Å²) in [6.07, 6.45) is 3.04. The second-order valence-corrected chi connectivity index (χ2v) is 8.74. The maximum absolute atomic E-state index is 13.3. The zero-order valence-corrected chi connectivity index (χ0v) is 21.4. The number of nitrogens with two attached hydrogens (primary N) is 1. The SMILES string of the molecule is CC.Nc1ccc(-c2ccccc2C(=O)Nc2ccc(C(=O)N3CCCCc4ccccc43)cc2)cc1. The van der Waals surface area contributed by atoms with Crippen LogP contribution in [0.25, 0.3) is 11.1 Å². The molecule has 37 heavy (non-hydrogen) atoms. The second-order valence-electron chi connectivity index (χ2n) is 8.74. The second kappa shape index (κ2) is 12.0. The molecule has 5 rings (SSSR count). The number of carbonyl (C=O) groups excluding carboxylic acids is 2. The summed E-state index contributed by atoms with van der Waals surface area (Å²) in [5, 5.41) is 2.96. The molecule has 5 nitrogen and oxygen atoms in total. The van der Waals surface area contributed by atoms with Gasteiger partial charge in [-0.05, 0) is 84.5 Å². The average Bonchev–Trinajstić information content (AvgIpc) is 3.17. The number of nitrogens with zero attached hydrogens (tertiary/aromatic N) is 1. The summed E-state index contributed by atoms with van der Waals surface area (Å²) in [5.74, 6) is -0.233. The Morgan fingerprint density at radius 1 is 0.784 bits per heavy atom. The van der Waals surface area contributed by atoms with Gasteiger partial charge in [0, 0.05) is 34.7 Å². The van der Waals surface area contributed by atoms with Gasteiger partial charge >= 0.3 is 0 Å². The highest BCUT2D eigenvalue weighted by Crippen LogP contribution is 2.28. The van der Waals surface area contributed by atoms with Crippen molar-refractivity contribution in [3.8, 4) is 11.1 Å². The zero-order valence-electron chi connectivity index (χ0n) is 21.4. The molecule has 0 fully saturated rings. The van der Waals surface area contributed by atoms with Crippen molar-refractivity contribution in [3.05, 3.63) is 114 Å². The monoisotopic (exact) mass is 491 g/mol. The van der Waals surface area contributed by atoms with Crippen LogP contribution in [0.1, 0.15) is 53.0 Å². The third kappa shape index (κ3) is 5.89. The Morgan fingerprint density at radius 2 is 1.46 bits per heavy atom. The van der Waals surface area contributed by atoms with E-state index in [1.807, 2.05) is 79.4 Å². The summed E-state index contributed by atoms with van der Waals surface area (Å²) in [6, 6.07) is 30.2. The highest BCUT2D eigenvalue weighted by atomic mass is 16.2. The van der Waals surface area contributed by atoms with Gasteiger partial charge in [-0.3, -0.25) is 9.59 Å². The van der Waals surface area contributed by atoms with Crippen molar-refractivity contribution in [2.24, 2.45) is 0 Å². The van der Waals surface area contributed by atoms with Crippen molar-refractivity contribution >= 4 is 28.9 Å². The first-order valence-corrected chi connectivity index (χ1v) is 12.9. The van der Waals surface area contributed by atoms with E-state index in [9.17, 15) is 9.59 Å². The van der Waals surface area contributed by atoms with Crippen molar-refractivity contribution in [2.75, 3.05) is 22.5 Å². The van der Waals surface area contributed by atoms with Crippen LogP contribution in [0.3, 0.4) is 0 Å². The molecule has 1 aliphatic rings. The highest BCUT2D eigenvalue weighted by molar-refractivity contribution is 6.09. The number of nitrogen functional groups attached to an aromatic ring is 1. The van der Waals surface area contributed by atoms with Crippen LogP contribution in [-0.2, 0) is 6.42 Å². The van der Waals surface area contributed by atoms with E-state index >= 15 is 0 Å². The molecule has 3 N–H and O–H groups in total. The Morgan fingerprint density at radius 3 is 2.22 bits per heavy atom. The zero-order chi connectivity index (χ0) is 26.2. The van der Waals surface area contributed by atoms with Gasteiger partial charge in [0.25, 0.3) is 11.8 Å². The average molecular weight is 492 g/mol. The number of hydrogen-bond acceptors (Lipinski definition) is 3. The van der Waals surface area contributed by atoms with E-state index in [4.69, 9.17) is 5.73 Å². The minimum Gasteiger partial charge on any atom is -0.399 e. The summed E-state index contributed by atoms with van der Waals surface area (Å²) in [4.78, 5) is 28.3. The molecule has 1 aliphatic heterocycles. The molecule has 0 aromatic heterocycles. The van der Waals surface area contributed by atoms with Crippen LogP contribution in [0.5, 0.6) is 0 Å². The van der Waals surface area contributed by atoms with E-state index in [0.29, 0.717) is 29.0 Å². The number of fused-ring (bicyclic) bond motifs is 1. The Bertz CT molecular complexity index is 1360. The molecule has 0 saturated heterocycles. The molecule has 0 spiro atoms. The van der Waals surface area contributed by atoms with Crippen LogP contribution in [0.4, 0.5) is 17.1 Å². The number of anilines is 3. The summed E-state index contributed by atoms with van der Waals surface area (Å²) in [7, 11) is 0. The number of hydrogen-bond donors (Lipinski definition) is 2. The number of carbonyl (C=O) groups is 2. The molecule has 0 unspecified atom stereocenters. The molecule has 0 aliphatic carbocycles. The molecule has 5 heteroatoms. The maximum atomic E-state index is 13.3. The Labute approximate surface area is 218 Å². The topological polar surface area (TPSA) is 75.4 Å². The van der Waals surface area contributed by atoms with Gasteiger partial charge in [0.2, 0.25) is 0 Å². The van der Waals surface area contributed by atoms with Crippen LogP contribution < -0.4 is 16.0 Å². The molecule has 188 valence electrons. The van der Waals surface area contributed by atoms with E-state index < -0.39 is 0 Å². The van der Waals surface area contributed by atoms with Crippen LogP contribution in [0.2, 0.25) is 0 Å². The normalized spacial score (nSPS) is 12.4. The lowest BCUT2D eigenvalue weighted by Crippen LogP contribution is -2.31. The van der Waals surface area contributed by atoms with Crippen LogP contribution in [-0.4, -0.2) is 18.4 Å². The fourth-order valence-electron chi connectivity index (χ4n) is 4.55. The fraction of sp³-hybridized carbons (Fsp3) is 0.188. The van der Waals surface area contributed by atoms with Crippen molar-refractivity contribution in [1.82, 2.24) is 0 Å². The van der Waals surface area contributed by atoms with Gasteiger partial charge in [-0.15, -0.1) is 0 Å². The standard InChI is InChI=1S/C30H27N3O2.C2H6/c31-24-16-12-21(13-17-24)26-9-2-3-10-27(26)29(34)32-25-18-14-23(15-19-25)30(35)33-20-6-5-8-22-7-1-4-11-28(22)33;1-2/h1-4,7,9-19H,5-6,8,20,31H2,(H,32,34);1-2H3. The predicted molar refractivity (Wildman–Crippen MR) is 153 cm³/mol. The minimum atomic E-state index is -0.210. The number of rotatable bonds is 4. The Balaban J connectivity index is 0.00000156.